The summed E-state index contributed by atoms with van der Waals surface area (Å²) in [4.78, 5) is 2.51. The third kappa shape index (κ3) is 4.10. The van der Waals surface area contributed by atoms with Gasteiger partial charge >= 0.3 is 0 Å². The molecule has 0 amide bonds. The summed E-state index contributed by atoms with van der Waals surface area (Å²) in [6.45, 7) is 12.7. The Hall–Kier alpha value is -0.0800. The van der Waals surface area contributed by atoms with E-state index < -0.39 is 0 Å². The number of nitrogens with two attached hydrogens (primary N) is 1. The Balaban J connectivity index is 2.42. The Bertz CT molecular complexity index is 150. The van der Waals surface area contributed by atoms with Crippen molar-refractivity contribution >= 4 is 0 Å². The second kappa shape index (κ2) is 3.97. The minimum absolute atomic E-state index is 0.395. The fourth-order valence-corrected chi connectivity index (χ4v) is 2.31. The highest BCUT2D eigenvalue weighted by Gasteiger charge is 2.25. The smallest absolute Gasteiger partial charge is 0.0170 e. The summed E-state index contributed by atoms with van der Waals surface area (Å²) in [5.41, 5.74) is 6.39. The highest BCUT2D eigenvalue weighted by atomic mass is 15.2. The van der Waals surface area contributed by atoms with Gasteiger partial charge in [-0.05, 0) is 17.8 Å². The van der Waals surface area contributed by atoms with Gasteiger partial charge in [0.2, 0.25) is 0 Å². The quantitative estimate of drug-likeness (QED) is 0.672. The van der Waals surface area contributed by atoms with Crippen molar-refractivity contribution in [2.24, 2.45) is 17.1 Å². The zero-order valence-electron chi connectivity index (χ0n) is 9.51. The lowest BCUT2D eigenvalue weighted by atomic mass is 9.91. The second-order valence-electron chi connectivity index (χ2n) is 5.86. The van der Waals surface area contributed by atoms with E-state index >= 15 is 0 Å². The van der Waals surface area contributed by atoms with E-state index in [1.165, 1.54) is 19.5 Å². The van der Waals surface area contributed by atoms with E-state index in [0.717, 1.165) is 12.5 Å². The molecule has 0 aromatic carbocycles. The van der Waals surface area contributed by atoms with Gasteiger partial charge in [0.05, 0.1) is 0 Å². The molecule has 0 saturated carbocycles. The van der Waals surface area contributed by atoms with Crippen molar-refractivity contribution in [1.82, 2.24) is 4.90 Å². The van der Waals surface area contributed by atoms with Crippen molar-refractivity contribution in [3.8, 4) is 0 Å². The maximum Gasteiger partial charge on any atom is 0.0170 e. The summed E-state index contributed by atoms with van der Waals surface area (Å²) in [5.74, 6) is 0.770. The molecule has 0 spiro atoms. The van der Waals surface area contributed by atoms with Crippen LogP contribution in [0.25, 0.3) is 0 Å². The van der Waals surface area contributed by atoms with Crippen LogP contribution in [0.15, 0.2) is 0 Å². The lowest BCUT2D eigenvalue weighted by Gasteiger charge is -2.38. The van der Waals surface area contributed by atoms with E-state index in [1.807, 2.05) is 0 Å². The molecule has 0 aromatic heterocycles. The summed E-state index contributed by atoms with van der Waals surface area (Å²) in [5, 5.41) is 0. The molecule has 1 saturated heterocycles. The molecule has 0 aliphatic carbocycles. The van der Waals surface area contributed by atoms with E-state index in [-0.39, 0.29) is 0 Å². The average molecular weight is 184 g/mol. The molecule has 0 aromatic rings. The van der Waals surface area contributed by atoms with Gasteiger partial charge in [0.25, 0.3) is 0 Å². The van der Waals surface area contributed by atoms with Gasteiger partial charge < -0.3 is 10.6 Å². The second-order valence-corrected chi connectivity index (χ2v) is 5.86. The normalized spacial score (nSPS) is 32.1. The zero-order valence-corrected chi connectivity index (χ0v) is 9.51. The highest BCUT2D eigenvalue weighted by Crippen LogP contribution is 2.20. The van der Waals surface area contributed by atoms with Gasteiger partial charge in [-0.25, -0.2) is 0 Å². The Morgan fingerprint density at radius 2 is 1.92 bits per heavy atom. The van der Waals surface area contributed by atoms with Crippen LogP contribution in [0.3, 0.4) is 0 Å². The number of likely N-dealkylation sites (tertiary alicyclic amines) is 1. The summed E-state index contributed by atoms with van der Waals surface area (Å²) in [6.07, 6.45) is 1.20. The third-order valence-corrected chi connectivity index (χ3v) is 2.47. The number of nitrogens with zero attached hydrogens (tertiary/aromatic N) is 1. The van der Waals surface area contributed by atoms with Gasteiger partial charge in [0.1, 0.15) is 0 Å². The molecule has 1 rings (SSSR count). The molecule has 1 aliphatic rings. The van der Waals surface area contributed by atoms with Crippen LogP contribution in [0.5, 0.6) is 0 Å². The van der Waals surface area contributed by atoms with Crippen LogP contribution in [0.4, 0.5) is 0 Å². The molecule has 2 atom stereocenters. The molecular weight excluding hydrogens is 160 g/mol. The van der Waals surface area contributed by atoms with Crippen LogP contribution in [-0.2, 0) is 0 Å². The lowest BCUT2D eigenvalue weighted by Crippen LogP contribution is -2.48. The van der Waals surface area contributed by atoms with E-state index in [4.69, 9.17) is 5.73 Å². The third-order valence-electron chi connectivity index (χ3n) is 2.47. The zero-order chi connectivity index (χ0) is 10.1. The van der Waals surface area contributed by atoms with E-state index in [1.54, 1.807) is 0 Å². The van der Waals surface area contributed by atoms with Crippen LogP contribution in [0, 0.1) is 11.3 Å². The number of piperidine rings is 1. The van der Waals surface area contributed by atoms with Crippen LogP contribution < -0.4 is 5.73 Å². The summed E-state index contributed by atoms with van der Waals surface area (Å²) in [7, 11) is 0. The van der Waals surface area contributed by atoms with Gasteiger partial charge in [0, 0.05) is 25.7 Å². The molecule has 78 valence electrons. The van der Waals surface area contributed by atoms with Crippen molar-refractivity contribution in [2.75, 3.05) is 19.6 Å². The molecule has 1 heterocycles. The van der Waals surface area contributed by atoms with E-state index in [0.29, 0.717) is 11.5 Å². The molecule has 2 nitrogen and oxygen atoms in total. The first-order valence-corrected chi connectivity index (χ1v) is 5.35. The monoisotopic (exact) mass is 184 g/mol. The first kappa shape index (κ1) is 11.0. The van der Waals surface area contributed by atoms with Crippen molar-refractivity contribution in [3.63, 3.8) is 0 Å². The minimum Gasteiger partial charge on any atom is -0.327 e. The predicted molar refractivity (Wildman–Crippen MR) is 57.7 cm³/mol. The van der Waals surface area contributed by atoms with Gasteiger partial charge in [-0.15, -0.1) is 0 Å². The fourth-order valence-electron chi connectivity index (χ4n) is 2.31. The maximum atomic E-state index is 5.99. The highest BCUT2D eigenvalue weighted by molar-refractivity contribution is 4.81. The maximum absolute atomic E-state index is 5.99. The topological polar surface area (TPSA) is 29.3 Å². The Kier molecular flexibility index (Phi) is 3.36. The molecule has 2 unspecified atom stereocenters. The number of hydrogen-bond acceptors (Lipinski definition) is 2. The average Bonchev–Trinajstić information content (AvgIpc) is 1.78. The van der Waals surface area contributed by atoms with Crippen LogP contribution >= 0.6 is 0 Å². The predicted octanol–water partition coefficient (Wildman–Crippen LogP) is 1.70. The van der Waals surface area contributed by atoms with Crippen LogP contribution in [0.2, 0.25) is 0 Å². The Morgan fingerprint density at radius 1 is 1.31 bits per heavy atom. The molecule has 2 N–H and O–H groups in total. The largest absolute Gasteiger partial charge is 0.327 e. The number of hydrogen-bond donors (Lipinski definition) is 1. The van der Waals surface area contributed by atoms with Crippen molar-refractivity contribution in [2.45, 2.75) is 40.2 Å². The van der Waals surface area contributed by atoms with Gasteiger partial charge in [-0.2, -0.15) is 0 Å². The first-order chi connectivity index (χ1) is 5.87. The summed E-state index contributed by atoms with van der Waals surface area (Å²) < 4.78 is 0. The molecule has 2 heteroatoms. The van der Waals surface area contributed by atoms with Crippen molar-refractivity contribution in [3.05, 3.63) is 0 Å². The van der Waals surface area contributed by atoms with Crippen molar-refractivity contribution in [1.29, 1.82) is 0 Å². The minimum atomic E-state index is 0.395. The standard InChI is InChI=1S/C11H24N2/c1-9-5-10(12)7-13(6-9)8-11(2,3)4/h9-10H,5-8,12H2,1-4H3. The van der Waals surface area contributed by atoms with Gasteiger partial charge in [-0.3, -0.25) is 0 Å². The van der Waals surface area contributed by atoms with Crippen LogP contribution in [-0.4, -0.2) is 30.6 Å². The first-order valence-electron chi connectivity index (χ1n) is 5.35. The molecule has 0 bridgehead atoms. The van der Waals surface area contributed by atoms with Gasteiger partial charge in [0.15, 0.2) is 0 Å². The SMILES string of the molecule is CC1CC(N)CN(CC(C)(C)C)C1. The molecular formula is C11H24N2. The molecule has 1 aliphatic heterocycles. The van der Waals surface area contributed by atoms with E-state index in [2.05, 4.69) is 32.6 Å². The summed E-state index contributed by atoms with van der Waals surface area (Å²) >= 11 is 0. The fraction of sp³-hybridized carbons (Fsp3) is 1.00. The number of rotatable bonds is 1. The lowest BCUT2D eigenvalue weighted by molar-refractivity contribution is 0.122. The molecule has 1 fully saturated rings. The van der Waals surface area contributed by atoms with E-state index in [9.17, 15) is 0 Å². The van der Waals surface area contributed by atoms with Crippen molar-refractivity contribution < 1.29 is 0 Å². The molecule has 13 heavy (non-hydrogen) atoms. The van der Waals surface area contributed by atoms with Gasteiger partial charge in [-0.1, -0.05) is 27.7 Å². The van der Waals surface area contributed by atoms with Crippen LogP contribution in [0.1, 0.15) is 34.1 Å². The Labute approximate surface area is 82.5 Å². The Morgan fingerprint density at radius 3 is 2.38 bits per heavy atom. The summed E-state index contributed by atoms with van der Waals surface area (Å²) in [6, 6.07) is 0.395. The molecule has 0 radical (unpaired) electrons.